The van der Waals surface area contributed by atoms with Gasteiger partial charge in [-0.05, 0) is 6.42 Å². The molecule has 2 aromatic heterocycles. The molecule has 2 aromatic rings. The van der Waals surface area contributed by atoms with E-state index in [-0.39, 0.29) is 10.6 Å². The maximum absolute atomic E-state index is 11.9. The smallest absolute Gasteiger partial charge is 0.287 e. The van der Waals surface area contributed by atoms with Gasteiger partial charge < -0.3 is 5.32 Å². The van der Waals surface area contributed by atoms with Gasteiger partial charge >= 0.3 is 0 Å². The molecule has 0 radical (unpaired) electrons. The van der Waals surface area contributed by atoms with Crippen molar-refractivity contribution in [1.29, 1.82) is 0 Å². The quantitative estimate of drug-likeness (QED) is 0.833. The maximum Gasteiger partial charge on any atom is 0.287 e. The van der Waals surface area contributed by atoms with Gasteiger partial charge in [0, 0.05) is 11.1 Å². The van der Waals surface area contributed by atoms with Crippen LogP contribution in [0.3, 0.4) is 0 Å². The van der Waals surface area contributed by atoms with Gasteiger partial charge in [0.05, 0.1) is 25.0 Å². The Morgan fingerprint density at radius 2 is 2.35 bits per heavy atom. The Kier molecular flexibility index (Phi) is 4.92. The second-order valence-corrected chi connectivity index (χ2v) is 5.65. The highest BCUT2D eigenvalue weighted by Crippen LogP contribution is 2.18. The van der Waals surface area contributed by atoms with Crippen LogP contribution in [-0.2, 0) is 19.5 Å². The molecule has 0 unspecified atom stereocenters. The molecule has 2 rings (SSSR count). The minimum atomic E-state index is -0.329. The number of nitrogens with one attached hydrogen (secondary N) is 1. The summed E-state index contributed by atoms with van der Waals surface area (Å²) in [6, 6.07) is 0. The molecule has 0 fully saturated rings. The van der Waals surface area contributed by atoms with Crippen LogP contribution in [0.4, 0.5) is 5.69 Å². The van der Waals surface area contributed by atoms with Crippen molar-refractivity contribution in [3.8, 4) is 0 Å². The van der Waals surface area contributed by atoms with E-state index < -0.39 is 0 Å². The molecule has 0 spiro atoms. The average Bonchev–Trinajstić information content (AvgIpc) is 2.91. The van der Waals surface area contributed by atoms with Crippen LogP contribution in [0.5, 0.6) is 0 Å². The lowest BCUT2D eigenvalue weighted by Crippen LogP contribution is -2.23. The van der Waals surface area contributed by atoms with Crippen molar-refractivity contribution in [3.63, 3.8) is 0 Å². The SMILES string of the molecule is C=CCn1ncc(NCc2ncc(CC)s2)c(Cl)c1=O. The number of thiazole rings is 1. The second-order valence-electron chi connectivity index (χ2n) is 4.08. The molecule has 1 N–H and O–H groups in total. The predicted molar refractivity (Wildman–Crippen MR) is 82.5 cm³/mol. The average molecular weight is 311 g/mol. The lowest BCUT2D eigenvalue weighted by atomic mass is 10.4. The summed E-state index contributed by atoms with van der Waals surface area (Å²) in [6.45, 7) is 6.52. The first-order chi connectivity index (χ1) is 9.65. The van der Waals surface area contributed by atoms with Gasteiger partial charge in [-0.25, -0.2) is 9.67 Å². The molecule has 20 heavy (non-hydrogen) atoms. The third-order valence-corrected chi connectivity index (χ3v) is 4.17. The van der Waals surface area contributed by atoms with Crippen molar-refractivity contribution in [2.45, 2.75) is 26.4 Å². The fourth-order valence-electron chi connectivity index (χ4n) is 1.60. The van der Waals surface area contributed by atoms with Crippen LogP contribution in [0.25, 0.3) is 0 Å². The van der Waals surface area contributed by atoms with Gasteiger partial charge in [-0.15, -0.1) is 17.9 Å². The molecular formula is C13H15ClN4OS. The highest BCUT2D eigenvalue weighted by Gasteiger charge is 2.09. The summed E-state index contributed by atoms with van der Waals surface area (Å²) in [6.07, 6.45) is 5.97. The fraction of sp³-hybridized carbons (Fsp3) is 0.308. The van der Waals surface area contributed by atoms with Crippen molar-refractivity contribution in [3.05, 3.63) is 50.3 Å². The lowest BCUT2D eigenvalue weighted by molar-refractivity contribution is 0.653. The molecule has 0 aromatic carbocycles. The van der Waals surface area contributed by atoms with Crippen LogP contribution >= 0.6 is 22.9 Å². The van der Waals surface area contributed by atoms with E-state index in [0.717, 1.165) is 11.4 Å². The fourth-order valence-corrected chi connectivity index (χ4v) is 2.62. The maximum atomic E-state index is 11.9. The summed E-state index contributed by atoms with van der Waals surface area (Å²) in [7, 11) is 0. The monoisotopic (exact) mass is 310 g/mol. The summed E-state index contributed by atoms with van der Waals surface area (Å²) in [5.41, 5.74) is 0.190. The van der Waals surface area contributed by atoms with Crippen molar-refractivity contribution in [2.24, 2.45) is 0 Å². The van der Waals surface area contributed by atoms with Crippen LogP contribution in [0.1, 0.15) is 16.8 Å². The van der Waals surface area contributed by atoms with Gasteiger partial charge in [0.1, 0.15) is 10.0 Å². The zero-order valence-corrected chi connectivity index (χ0v) is 12.7. The summed E-state index contributed by atoms with van der Waals surface area (Å²) in [5.74, 6) is 0. The molecule has 0 bridgehead atoms. The lowest BCUT2D eigenvalue weighted by Gasteiger charge is -2.08. The van der Waals surface area contributed by atoms with Gasteiger partial charge in [0.15, 0.2) is 0 Å². The summed E-state index contributed by atoms with van der Waals surface area (Å²) in [4.78, 5) is 17.4. The molecule has 0 atom stereocenters. The van der Waals surface area contributed by atoms with E-state index in [1.54, 1.807) is 23.6 Å². The van der Waals surface area contributed by atoms with E-state index in [0.29, 0.717) is 18.8 Å². The van der Waals surface area contributed by atoms with E-state index in [1.165, 1.54) is 9.56 Å². The Balaban J connectivity index is 2.11. The number of rotatable bonds is 6. The molecule has 0 saturated carbocycles. The number of hydrogen-bond acceptors (Lipinski definition) is 5. The van der Waals surface area contributed by atoms with E-state index in [4.69, 9.17) is 11.6 Å². The van der Waals surface area contributed by atoms with Crippen LogP contribution < -0.4 is 10.9 Å². The number of aryl methyl sites for hydroxylation is 1. The number of anilines is 1. The van der Waals surface area contributed by atoms with Crippen molar-refractivity contribution in [1.82, 2.24) is 14.8 Å². The summed E-state index contributed by atoms with van der Waals surface area (Å²) >= 11 is 7.69. The Hall–Kier alpha value is -1.66. The third kappa shape index (κ3) is 3.26. The predicted octanol–water partition coefficient (Wildman–Crippen LogP) is 2.71. The molecule has 7 heteroatoms. The minimum absolute atomic E-state index is 0.133. The number of nitrogens with zero attached hydrogens (tertiary/aromatic N) is 3. The molecule has 5 nitrogen and oxygen atoms in total. The summed E-state index contributed by atoms with van der Waals surface area (Å²) < 4.78 is 1.26. The Morgan fingerprint density at radius 3 is 3.00 bits per heavy atom. The molecule has 0 aliphatic carbocycles. The van der Waals surface area contributed by atoms with Gasteiger partial charge in [-0.1, -0.05) is 24.6 Å². The first kappa shape index (κ1) is 14.7. The van der Waals surface area contributed by atoms with E-state index in [2.05, 4.69) is 28.9 Å². The second kappa shape index (κ2) is 6.67. The number of allylic oxidation sites excluding steroid dienone is 1. The zero-order chi connectivity index (χ0) is 14.5. The van der Waals surface area contributed by atoms with Crippen molar-refractivity contribution < 1.29 is 0 Å². The molecule has 0 amide bonds. The molecule has 106 valence electrons. The summed E-state index contributed by atoms with van der Waals surface area (Å²) in [5, 5.41) is 8.21. The van der Waals surface area contributed by atoms with E-state index in [1.807, 2.05) is 6.20 Å². The van der Waals surface area contributed by atoms with Gasteiger partial charge in [0.25, 0.3) is 5.56 Å². The van der Waals surface area contributed by atoms with Crippen LogP contribution in [0.2, 0.25) is 5.02 Å². The first-order valence-corrected chi connectivity index (χ1v) is 7.39. The van der Waals surface area contributed by atoms with Gasteiger partial charge in [0.2, 0.25) is 0 Å². The van der Waals surface area contributed by atoms with Crippen molar-refractivity contribution >= 4 is 28.6 Å². The van der Waals surface area contributed by atoms with Crippen molar-refractivity contribution in [2.75, 3.05) is 5.32 Å². The molecule has 0 aliphatic rings. The van der Waals surface area contributed by atoms with Crippen LogP contribution in [-0.4, -0.2) is 14.8 Å². The highest BCUT2D eigenvalue weighted by molar-refractivity contribution is 7.11. The van der Waals surface area contributed by atoms with Gasteiger partial charge in [-0.2, -0.15) is 5.10 Å². The first-order valence-electron chi connectivity index (χ1n) is 6.19. The standard InChI is InChI=1S/C13H15ClN4OS/c1-3-5-18-13(19)12(14)10(7-17-18)15-8-11-16-6-9(4-2)20-11/h3,6-7,15H,1,4-5,8H2,2H3. The van der Waals surface area contributed by atoms with Crippen LogP contribution in [0, 0.1) is 0 Å². The van der Waals surface area contributed by atoms with Crippen LogP contribution in [0.15, 0.2) is 29.8 Å². The molecule has 0 aliphatic heterocycles. The number of aromatic nitrogens is 3. The Labute approximate surface area is 125 Å². The Bertz CT molecular complexity index is 665. The third-order valence-electron chi connectivity index (χ3n) is 2.67. The normalized spacial score (nSPS) is 10.5. The Morgan fingerprint density at radius 1 is 1.55 bits per heavy atom. The van der Waals surface area contributed by atoms with E-state index in [9.17, 15) is 4.79 Å². The van der Waals surface area contributed by atoms with Gasteiger partial charge in [-0.3, -0.25) is 4.79 Å². The van der Waals surface area contributed by atoms with E-state index >= 15 is 0 Å². The topological polar surface area (TPSA) is 59.8 Å². The molecular weight excluding hydrogens is 296 g/mol. The number of hydrogen-bond donors (Lipinski definition) is 1. The number of halogens is 1. The molecule has 0 saturated heterocycles. The highest BCUT2D eigenvalue weighted by atomic mass is 35.5. The molecule has 2 heterocycles. The minimum Gasteiger partial charge on any atom is -0.376 e. The zero-order valence-electron chi connectivity index (χ0n) is 11.1. The largest absolute Gasteiger partial charge is 0.376 e.